The summed E-state index contributed by atoms with van der Waals surface area (Å²) in [6.45, 7) is 6.16. The van der Waals surface area contributed by atoms with Gasteiger partial charge in [-0.15, -0.1) is 0 Å². The van der Waals surface area contributed by atoms with Crippen LogP contribution >= 0.6 is 0 Å². The van der Waals surface area contributed by atoms with E-state index in [4.69, 9.17) is 0 Å². The highest BCUT2D eigenvalue weighted by molar-refractivity contribution is 5.74. The van der Waals surface area contributed by atoms with Crippen LogP contribution in [0, 0.1) is 0 Å². The number of amides is 2. The van der Waals surface area contributed by atoms with E-state index in [-0.39, 0.29) is 12.6 Å². The van der Waals surface area contributed by atoms with E-state index in [2.05, 4.69) is 39.8 Å². The zero-order chi connectivity index (χ0) is 16.7. The van der Waals surface area contributed by atoms with Crippen molar-refractivity contribution in [2.24, 2.45) is 0 Å². The molecule has 1 aromatic rings. The summed E-state index contributed by atoms with van der Waals surface area (Å²) in [5.74, 6) is 0. The number of benzene rings is 1. The van der Waals surface area contributed by atoms with Crippen molar-refractivity contribution in [2.75, 3.05) is 24.6 Å². The molecule has 0 radical (unpaired) electrons. The Morgan fingerprint density at radius 2 is 2.09 bits per heavy atom. The highest BCUT2D eigenvalue weighted by atomic mass is 16.3. The van der Waals surface area contributed by atoms with Crippen molar-refractivity contribution < 1.29 is 9.90 Å². The number of carbonyl (C=O) groups is 1. The van der Waals surface area contributed by atoms with Crippen LogP contribution in [0.1, 0.15) is 32.3 Å². The second-order valence-corrected chi connectivity index (χ2v) is 6.32. The van der Waals surface area contributed by atoms with Crippen LogP contribution in [0.15, 0.2) is 36.4 Å². The number of hydrogen-bond acceptors (Lipinski definition) is 3. The van der Waals surface area contributed by atoms with Crippen molar-refractivity contribution in [1.82, 2.24) is 10.6 Å². The van der Waals surface area contributed by atoms with Gasteiger partial charge in [0.05, 0.1) is 12.1 Å². The molecule has 5 heteroatoms. The van der Waals surface area contributed by atoms with E-state index in [1.807, 2.05) is 26.0 Å². The van der Waals surface area contributed by atoms with Gasteiger partial charge in [-0.2, -0.15) is 0 Å². The number of urea groups is 1. The lowest BCUT2D eigenvalue weighted by atomic mass is 9.98. The average Bonchev–Trinajstić information content (AvgIpc) is 3.08. The molecule has 1 atom stereocenters. The van der Waals surface area contributed by atoms with Gasteiger partial charge in [-0.1, -0.05) is 37.6 Å². The molecule has 0 aliphatic carbocycles. The molecule has 1 unspecified atom stereocenters. The summed E-state index contributed by atoms with van der Waals surface area (Å²) < 4.78 is 0. The second kappa shape index (κ2) is 8.02. The number of aliphatic hydroxyl groups is 1. The summed E-state index contributed by atoms with van der Waals surface area (Å²) in [4.78, 5) is 14.3. The van der Waals surface area contributed by atoms with E-state index in [1.165, 1.54) is 5.69 Å². The summed E-state index contributed by atoms with van der Waals surface area (Å²) >= 11 is 0. The van der Waals surface area contributed by atoms with Gasteiger partial charge in [0, 0.05) is 25.3 Å². The molecule has 5 nitrogen and oxygen atoms in total. The van der Waals surface area contributed by atoms with Crippen molar-refractivity contribution >= 4 is 11.7 Å². The van der Waals surface area contributed by atoms with Crippen molar-refractivity contribution in [2.45, 2.75) is 38.8 Å². The Labute approximate surface area is 138 Å². The molecule has 23 heavy (non-hydrogen) atoms. The molecule has 1 aliphatic rings. The maximum atomic E-state index is 12.1. The number of nitrogens with zero attached hydrogens (tertiary/aromatic N) is 1. The third-order valence-electron chi connectivity index (χ3n) is 4.11. The maximum Gasteiger partial charge on any atom is 0.315 e. The number of aliphatic hydroxyl groups excluding tert-OH is 1. The molecule has 126 valence electrons. The van der Waals surface area contributed by atoms with Gasteiger partial charge in [0.1, 0.15) is 0 Å². The maximum absolute atomic E-state index is 12.1. The summed E-state index contributed by atoms with van der Waals surface area (Å²) in [6.07, 6.45) is 5.96. The number of nitrogens with one attached hydrogen (secondary N) is 2. The van der Waals surface area contributed by atoms with Crippen molar-refractivity contribution in [3.05, 3.63) is 42.0 Å². The van der Waals surface area contributed by atoms with Gasteiger partial charge in [0.2, 0.25) is 0 Å². The first-order valence-electron chi connectivity index (χ1n) is 8.22. The molecular weight excluding hydrogens is 290 g/mol. The molecule has 0 saturated carbocycles. The number of carbonyl (C=O) groups excluding carboxylic acids is 1. The Hall–Kier alpha value is -2.01. The van der Waals surface area contributed by atoms with Crippen LogP contribution < -0.4 is 15.5 Å². The van der Waals surface area contributed by atoms with Gasteiger partial charge in [-0.25, -0.2) is 4.79 Å². The van der Waals surface area contributed by atoms with Crippen molar-refractivity contribution in [3.63, 3.8) is 0 Å². The number of hydrogen-bond donors (Lipinski definition) is 3. The number of anilines is 1. The molecule has 1 aromatic carbocycles. The summed E-state index contributed by atoms with van der Waals surface area (Å²) in [6, 6.07) is 7.95. The summed E-state index contributed by atoms with van der Waals surface area (Å²) in [7, 11) is 0. The van der Waals surface area contributed by atoms with Gasteiger partial charge in [0.15, 0.2) is 0 Å². The topological polar surface area (TPSA) is 64.6 Å². The highest BCUT2D eigenvalue weighted by Gasteiger charge is 2.24. The zero-order valence-corrected chi connectivity index (χ0v) is 14.0. The molecule has 1 aliphatic heterocycles. The molecule has 0 bridgehead atoms. The van der Waals surface area contributed by atoms with E-state index in [9.17, 15) is 9.90 Å². The SMILES string of the molecule is CCCC(C)(CO)NC(=O)NCc1cccc(N2CC=CC2)c1. The first kappa shape index (κ1) is 17.3. The van der Waals surface area contributed by atoms with Crippen LogP contribution in [0.25, 0.3) is 0 Å². The quantitative estimate of drug-likeness (QED) is 0.677. The standard InChI is InChI=1S/C18H27N3O2/c1-3-9-18(2,14-22)20-17(23)19-13-15-7-6-8-16(12-15)21-10-4-5-11-21/h4-8,12,22H,3,9-11,13-14H2,1-2H3,(H2,19,20,23). The minimum absolute atomic E-state index is 0.0638. The van der Waals surface area contributed by atoms with Crippen LogP contribution in [0.5, 0.6) is 0 Å². The highest BCUT2D eigenvalue weighted by Crippen LogP contribution is 2.18. The lowest BCUT2D eigenvalue weighted by Crippen LogP contribution is -2.52. The Balaban J connectivity index is 1.87. The zero-order valence-electron chi connectivity index (χ0n) is 14.0. The molecule has 0 fully saturated rings. The molecule has 0 spiro atoms. The van der Waals surface area contributed by atoms with Crippen molar-refractivity contribution in [1.29, 1.82) is 0 Å². The smallest absolute Gasteiger partial charge is 0.315 e. The first-order valence-corrected chi connectivity index (χ1v) is 8.22. The Kier molecular flexibility index (Phi) is 6.04. The van der Waals surface area contributed by atoms with E-state index < -0.39 is 5.54 Å². The largest absolute Gasteiger partial charge is 0.394 e. The van der Waals surface area contributed by atoms with E-state index in [0.29, 0.717) is 6.54 Å². The normalized spacial score (nSPS) is 16.2. The molecule has 2 amide bonds. The fourth-order valence-electron chi connectivity index (χ4n) is 2.79. The summed E-state index contributed by atoms with van der Waals surface area (Å²) in [5, 5.41) is 15.2. The predicted molar refractivity (Wildman–Crippen MR) is 93.6 cm³/mol. The number of rotatable bonds is 7. The molecule has 0 saturated heterocycles. The third kappa shape index (κ3) is 4.99. The van der Waals surface area contributed by atoms with Crippen LogP contribution in [-0.2, 0) is 6.54 Å². The van der Waals surface area contributed by atoms with E-state index >= 15 is 0 Å². The van der Waals surface area contributed by atoms with E-state index in [0.717, 1.165) is 31.5 Å². The fourth-order valence-corrected chi connectivity index (χ4v) is 2.79. The Morgan fingerprint density at radius 1 is 1.35 bits per heavy atom. The van der Waals surface area contributed by atoms with Crippen LogP contribution in [-0.4, -0.2) is 36.4 Å². The third-order valence-corrected chi connectivity index (χ3v) is 4.11. The van der Waals surface area contributed by atoms with Crippen molar-refractivity contribution in [3.8, 4) is 0 Å². The van der Waals surface area contributed by atoms with Crippen LogP contribution in [0.4, 0.5) is 10.5 Å². The minimum Gasteiger partial charge on any atom is -0.394 e. The lowest BCUT2D eigenvalue weighted by Gasteiger charge is -2.28. The first-order chi connectivity index (χ1) is 11.1. The van der Waals surface area contributed by atoms with Gasteiger partial charge in [0.25, 0.3) is 0 Å². The molecule has 1 heterocycles. The van der Waals surface area contributed by atoms with Gasteiger partial charge in [-0.3, -0.25) is 0 Å². The fraction of sp³-hybridized carbons (Fsp3) is 0.500. The Morgan fingerprint density at radius 3 is 2.74 bits per heavy atom. The molecule has 3 N–H and O–H groups in total. The monoisotopic (exact) mass is 317 g/mol. The van der Waals surface area contributed by atoms with Crippen LogP contribution in [0.3, 0.4) is 0 Å². The lowest BCUT2D eigenvalue weighted by molar-refractivity contribution is 0.163. The molecule has 2 rings (SSSR count). The van der Waals surface area contributed by atoms with E-state index in [1.54, 1.807) is 0 Å². The molecule has 0 aromatic heterocycles. The minimum atomic E-state index is -0.568. The Bertz CT molecular complexity index is 551. The second-order valence-electron chi connectivity index (χ2n) is 6.32. The van der Waals surface area contributed by atoms with Crippen LogP contribution in [0.2, 0.25) is 0 Å². The van der Waals surface area contributed by atoms with Gasteiger partial charge in [-0.05, 0) is 31.0 Å². The predicted octanol–water partition coefficient (Wildman–Crippen LogP) is 2.41. The summed E-state index contributed by atoms with van der Waals surface area (Å²) in [5.41, 5.74) is 1.66. The van der Waals surface area contributed by atoms with Gasteiger partial charge >= 0.3 is 6.03 Å². The molecular formula is C18H27N3O2. The average molecular weight is 317 g/mol. The van der Waals surface area contributed by atoms with Gasteiger partial charge < -0.3 is 20.6 Å².